The molecule has 1 atom stereocenters. The molecule has 0 aliphatic heterocycles. The van der Waals surface area contributed by atoms with Crippen LogP contribution < -0.4 is 0 Å². The first-order valence-electron chi connectivity index (χ1n) is 5.99. The molecule has 1 aliphatic carbocycles. The average Bonchev–Trinajstić information content (AvgIpc) is 2.27. The van der Waals surface area contributed by atoms with Gasteiger partial charge in [0.1, 0.15) is 0 Å². The predicted molar refractivity (Wildman–Crippen MR) is 59.7 cm³/mol. The number of carbonyl (C=O) groups excluding carboxylic acids is 1. The molecule has 0 amide bonds. The van der Waals surface area contributed by atoms with Gasteiger partial charge in [-0.2, -0.15) is 4.79 Å². The molecule has 0 aromatic heterocycles. The van der Waals surface area contributed by atoms with E-state index >= 15 is 0 Å². The molecular formula is C12H20N2O. The van der Waals surface area contributed by atoms with Crippen LogP contribution in [0.3, 0.4) is 0 Å². The van der Waals surface area contributed by atoms with Gasteiger partial charge in [-0.05, 0) is 18.8 Å². The first kappa shape index (κ1) is 12.1. The molecule has 3 heteroatoms. The molecule has 0 radical (unpaired) electrons. The highest BCUT2D eigenvalue weighted by Gasteiger charge is 2.23. The molecule has 0 spiro atoms. The molecule has 0 N–H and O–H groups in total. The predicted octanol–water partition coefficient (Wildman–Crippen LogP) is 2.85. The van der Waals surface area contributed by atoms with Crippen molar-refractivity contribution in [2.45, 2.75) is 51.9 Å². The standard InChI is InChI=1S/C12H20N2O/c1-2-11(12(15)9-14-13)8-10-6-4-3-5-7-10/h9-11H,2-8H2,1H3. The van der Waals surface area contributed by atoms with E-state index in [1.54, 1.807) is 0 Å². The highest BCUT2D eigenvalue weighted by Crippen LogP contribution is 2.30. The lowest BCUT2D eigenvalue weighted by atomic mass is 9.81. The maximum absolute atomic E-state index is 11.5. The number of rotatable bonds is 5. The maximum atomic E-state index is 11.5. The first-order valence-corrected chi connectivity index (χ1v) is 5.99. The second-order valence-corrected chi connectivity index (χ2v) is 4.49. The number of hydrogen-bond acceptors (Lipinski definition) is 1. The van der Waals surface area contributed by atoms with E-state index in [0.717, 1.165) is 19.1 Å². The summed E-state index contributed by atoms with van der Waals surface area (Å²) in [6.45, 7) is 2.02. The Kier molecular flexibility index (Phi) is 5.27. The Labute approximate surface area is 91.5 Å². The minimum absolute atomic E-state index is 0.0226. The third-order valence-corrected chi connectivity index (χ3v) is 3.42. The lowest BCUT2D eigenvalue weighted by Crippen LogP contribution is -2.20. The molecule has 84 valence electrons. The van der Waals surface area contributed by atoms with Crippen LogP contribution in [0.2, 0.25) is 0 Å². The Morgan fingerprint density at radius 1 is 1.47 bits per heavy atom. The van der Waals surface area contributed by atoms with Crippen molar-refractivity contribution in [2.75, 3.05) is 0 Å². The fourth-order valence-corrected chi connectivity index (χ4v) is 2.47. The van der Waals surface area contributed by atoms with Gasteiger partial charge in [0, 0.05) is 5.92 Å². The van der Waals surface area contributed by atoms with Crippen LogP contribution in [0.1, 0.15) is 51.9 Å². The molecule has 15 heavy (non-hydrogen) atoms. The SMILES string of the molecule is CCC(CC1CCCCC1)C(=O)C=[N+]=[N-]. The largest absolute Gasteiger partial charge is 0.361 e. The fraction of sp³-hybridized carbons (Fsp3) is 0.833. The minimum atomic E-state index is -0.0226. The molecule has 0 heterocycles. The van der Waals surface area contributed by atoms with Gasteiger partial charge in [0.05, 0.1) is 0 Å². The van der Waals surface area contributed by atoms with Crippen molar-refractivity contribution in [3.05, 3.63) is 5.53 Å². The molecule has 1 unspecified atom stereocenters. The van der Waals surface area contributed by atoms with Crippen molar-refractivity contribution in [2.24, 2.45) is 11.8 Å². The topological polar surface area (TPSA) is 53.5 Å². The summed E-state index contributed by atoms with van der Waals surface area (Å²) < 4.78 is 0. The van der Waals surface area contributed by atoms with Gasteiger partial charge in [0.15, 0.2) is 0 Å². The maximum Gasteiger partial charge on any atom is 0.323 e. The van der Waals surface area contributed by atoms with Crippen LogP contribution >= 0.6 is 0 Å². The molecule has 1 aliphatic rings. The third-order valence-electron chi connectivity index (χ3n) is 3.42. The van der Waals surface area contributed by atoms with E-state index in [9.17, 15) is 4.79 Å². The van der Waals surface area contributed by atoms with E-state index in [1.807, 2.05) is 6.92 Å². The Morgan fingerprint density at radius 2 is 2.13 bits per heavy atom. The average molecular weight is 208 g/mol. The monoisotopic (exact) mass is 208 g/mol. The van der Waals surface area contributed by atoms with Gasteiger partial charge in [0.25, 0.3) is 0 Å². The van der Waals surface area contributed by atoms with Gasteiger partial charge in [-0.15, -0.1) is 0 Å². The Bertz CT molecular complexity index is 250. The highest BCUT2D eigenvalue weighted by atomic mass is 16.1. The van der Waals surface area contributed by atoms with Crippen LogP contribution in [0.25, 0.3) is 5.53 Å². The van der Waals surface area contributed by atoms with Crippen molar-refractivity contribution in [3.63, 3.8) is 0 Å². The molecule has 1 rings (SSSR count). The van der Waals surface area contributed by atoms with Crippen LogP contribution in [0, 0.1) is 11.8 Å². The van der Waals surface area contributed by atoms with Gasteiger partial charge >= 0.3 is 6.21 Å². The summed E-state index contributed by atoms with van der Waals surface area (Å²) >= 11 is 0. The molecule has 0 aromatic carbocycles. The molecule has 3 nitrogen and oxygen atoms in total. The van der Waals surface area contributed by atoms with Gasteiger partial charge in [-0.1, -0.05) is 39.0 Å². The summed E-state index contributed by atoms with van der Waals surface area (Å²) in [6, 6.07) is 0. The van der Waals surface area contributed by atoms with Crippen LogP contribution in [-0.2, 0) is 4.79 Å². The number of carbonyl (C=O) groups is 1. The van der Waals surface area contributed by atoms with Crippen LogP contribution in [0.5, 0.6) is 0 Å². The van der Waals surface area contributed by atoms with Crippen molar-refractivity contribution >= 4 is 12.0 Å². The molecular weight excluding hydrogens is 188 g/mol. The van der Waals surface area contributed by atoms with Gasteiger partial charge < -0.3 is 5.53 Å². The van der Waals surface area contributed by atoms with Crippen molar-refractivity contribution < 1.29 is 9.58 Å². The first-order chi connectivity index (χ1) is 7.27. The van der Waals surface area contributed by atoms with E-state index < -0.39 is 0 Å². The number of ketones is 1. The molecule has 0 aromatic rings. The number of hydrogen-bond donors (Lipinski definition) is 0. The van der Waals surface area contributed by atoms with E-state index in [4.69, 9.17) is 5.53 Å². The Morgan fingerprint density at radius 3 is 2.67 bits per heavy atom. The summed E-state index contributed by atoms with van der Waals surface area (Å²) in [5, 5.41) is 0. The lowest BCUT2D eigenvalue weighted by Gasteiger charge is -2.24. The van der Waals surface area contributed by atoms with Crippen molar-refractivity contribution in [1.82, 2.24) is 0 Å². The molecule has 1 fully saturated rings. The molecule has 1 saturated carbocycles. The summed E-state index contributed by atoms with van der Waals surface area (Å²) in [7, 11) is 0. The van der Waals surface area contributed by atoms with E-state index in [-0.39, 0.29) is 11.7 Å². The highest BCUT2D eigenvalue weighted by molar-refractivity contribution is 6.26. The van der Waals surface area contributed by atoms with Gasteiger partial charge in [-0.25, -0.2) is 0 Å². The third kappa shape index (κ3) is 3.96. The lowest BCUT2D eigenvalue weighted by molar-refractivity contribution is -0.120. The van der Waals surface area contributed by atoms with E-state index in [0.29, 0.717) is 5.92 Å². The second-order valence-electron chi connectivity index (χ2n) is 4.49. The van der Waals surface area contributed by atoms with Crippen LogP contribution in [0.4, 0.5) is 0 Å². The van der Waals surface area contributed by atoms with Crippen molar-refractivity contribution in [1.29, 1.82) is 0 Å². The molecule has 0 bridgehead atoms. The zero-order chi connectivity index (χ0) is 11.1. The van der Waals surface area contributed by atoms with Crippen molar-refractivity contribution in [3.8, 4) is 0 Å². The Balaban J connectivity index is 2.44. The number of nitrogens with zero attached hydrogens (tertiary/aromatic N) is 2. The Hall–Kier alpha value is -0.950. The smallest absolute Gasteiger partial charge is 0.323 e. The fourth-order valence-electron chi connectivity index (χ4n) is 2.47. The van der Waals surface area contributed by atoms with Gasteiger partial charge in [-0.3, -0.25) is 4.79 Å². The zero-order valence-corrected chi connectivity index (χ0v) is 9.48. The van der Waals surface area contributed by atoms with E-state index in [1.165, 1.54) is 32.1 Å². The van der Waals surface area contributed by atoms with Crippen LogP contribution in [0.15, 0.2) is 0 Å². The minimum Gasteiger partial charge on any atom is -0.361 e. The molecule has 0 saturated heterocycles. The second kappa shape index (κ2) is 6.52. The summed E-state index contributed by atoms with van der Waals surface area (Å²) in [4.78, 5) is 14.4. The zero-order valence-electron chi connectivity index (χ0n) is 9.48. The normalized spacial score (nSPS) is 19.3. The summed E-state index contributed by atoms with van der Waals surface area (Å²) in [5.74, 6) is 0.745. The van der Waals surface area contributed by atoms with Gasteiger partial charge in [0.2, 0.25) is 5.78 Å². The quantitative estimate of drug-likeness (QED) is 0.389. The van der Waals surface area contributed by atoms with E-state index in [2.05, 4.69) is 4.79 Å². The summed E-state index contributed by atoms with van der Waals surface area (Å²) in [5.41, 5.74) is 8.34. The summed E-state index contributed by atoms with van der Waals surface area (Å²) in [6.07, 6.45) is 9.37. The van der Waals surface area contributed by atoms with Crippen LogP contribution in [-0.4, -0.2) is 16.8 Å². The number of Topliss-reactive ketones (excluding diaryl/α,β-unsaturated/α-hetero) is 1.